The average molecular weight is 291 g/mol. The quantitative estimate of drug-likeness (QED) is 0.918. The average Bonchev–Trinajstić information content (AvgIpc) is 2.29. The van der Waals surface area contributed by atoms with E-state index >= 15 is 0 Å². The van der Waals surface area contributed by atoms with Crippen molar-refractivity contribution in [1.29, 1.82) is 0 Å². The van der Waals surface area contributed by atoms with Crippen LogP contribution in [0.4, 0.5) is 4.39 Å². The molecule has 0 aliphatic heterocycles. The Morgan fingerprint density at radius 3 is 2.38 bits per heavy atom. The summed E-state index contributed by atoms with van der Waals surface area (Å²) in [6.45, 7) is 3.66. The summed E-state index contributed by atoms with van der Waals surface area (Å²) in [6.07, 6.45) is 0.901. The highest BCUT2D eigenvalue weighted by atomic mass is 79.9. The fraction of sp³-hybridized carbons (Fsp3) is 0.500. The molecule has 0 aromatic heterocycles. The molecule has 0 amide bonds. The Bertz CT molecular complexity index is 376. The first kappa shape index (κ1) is 13.5. The van der Waals surface area contributed by atoms with Gasteiger partial charge in [-0.2, -0.15) is 0 Å². The predicted octanol–water partition coefficient (Wildman–Crippen LogP) is 3.60. The van der Waals surface area contributed by atoms with Gasteiger partial charge in [0.15, 0.2) is 11.6 Å². The maximum absolute atomic E-state index is 14.1. The Morgan fingerprint density at radius 2 is 1.94 bits per heavy atom. The van der Waals surface area contributed by atoms with Crippen LogP contribution in [-0.4, -0.2) is 12.2 Å². The first-order chi connectivity index (χ1) is 7.50. The maximum Gasteiger partial charge on any atom is 0.172 e. The van der Waals surface area contributed by atoms with Crippen LogP contribution in [0, 0.1) is 5.82 Å². The molecule has 0 spiro atoms. The Labute approximate surface area is 104 Å². The van der Waals surface area contributed by atoms with Crippen molar-refractivity contribution >= 4 is 15.9 Å². The van der Waals surface area contributed by atoms with Crippen LogP contribution in [0.2, 0.25) is 0 Å². The van der Waals surface area contributed by atoms with E-state index in [2.05, 4.69) is 15.9 Å². The molecule has 0 unspecified atom stereocenters. The van der Waals surface area contributed by atoms with Gasteiger partial charge in [0.2, 0.25) is 0 Å². The fourth-order valence-electron chi connectivity index (χ4n) is 1.72. The van der Waals surface area contributed by atoms with E-state index < -0.39 is 11.4 Å². The number of hydrogen-bond acceptors (Lipinski definition) is 2. The van der Waals surface area contributed by atoms with E-state index in [-0.39, 0.29) is 11.3 Å². The summed E-state index contributed by atoms with van der Waals surface area (Å²) >= 11 is 3.27. The van der Waals surface area contributed by atoms with Gasteiger partial charge in [-0.25, -0.2) is 4.39 Å². The monoisotopic (exact) mass is 290 g/mol. The standard InChI is InChI=1S/C12H16BrFO2/c1-4-12(15,5-2)10-8(13)6-7-9(16-3)11(10)14/h6-7,15H,4-5H2,1-3H3. The molecule has 1 aromatic carbocycles. The van der Waals surface area contributed by atoms with Gasteiger partial charge in [-0.15, -0.1) is 0 Å². The van der Waals surface area contributed by atoms with Gasteiger partial charge in [0.1, 0.15) is 0 Å². The van der Waals surface area contributed by atoms with Crippen molar-refractivity contribution in [2.75, 3.05) is 7.11 Å². The minimum atomic E-state index is -1.16. The number of halogens is 2. The highest BCUT2D eigenvalue weighted by Crippen LogP contribution is 2.38. The molecule has 0 bridgehead atoms. The lowest BCUT2D eigenvalue weighted by molar-refractivity contribution is 0.0236. The first-order valence-electron chi connectivity index (χ1n) is 5.25. The van der Waals surface area contributed by atoms with Crippen molar-refractivity contribution in [2.24, 2.45) is 0 Å². The number of rotatable bonds is 4. The van der Waals surface area contributed by atoms with Gasteiger partial charge in [0.05, 0.1) is 12.7 Å². The van der Waals surface area contributed by atoms with Gasteiger partial charge in [-0.1, -0.05) is 29.8 Å². The van der Waals surface area contributed by atoms with Crippen LogP contribution in [0.15, 0.2) is 16.6 Å². The van der Waals surface area contributed by atoms with Crippen LogP contribution in [-0.2, 0) is 5.60 Å². The van der Waals surface area contributed by atoms with Crippen LogP contribution in [0.25, 0.3) is 0 Å². The zero-order valence-electron chi connectivity index (χ0n) is 9.68. The smallest absolute Gasteiger partial charge is 0.172 e. The number of methoxy groups -OCH3 is 1. The second kappa shape index (κ2) is 5.15. The van der Waals surface area contributed by atoms with E-state index in [1.54, 1.807) is 6.07 Å². The van der Waals surface area contributed by atoms with Crippen molar-refractivity contribution in [3.8, 4) is 5.75 Å². The molecular formula is C12H16BrFO2. The van der Waals surface area contributed by atoms with Crippen LogP contribution in [0.3, 0.4) is 0 Å². The summed E-state index contributed by atoms with van der Waals surface area (Å²) < 4.78 is 19.6. The molecule has 0 aliphatic carbocycles. The largest absolute Gasteiger partial charge is 0.494 e. The molecule has 4 heteroatoms. The molecule has 0 aliphatic rings. The zero-order valence-corrected chi connectivity index (χ0v) is 11.3. The maximum atomic E-state index is 14.1. The minimum Gasteiger partial charge on any atom is -0.494 e. The van der Waals surface area contributed by atoms with Crippen LogP contribution >= 0.6 is 15.9 Å². The molecule has 90 valence electrons. The van der Waals surface area contributed by atoms with E-state index in [0.717, 1.165) is 0 Å². The second-order valence-corrected chi connectivity index (χ2v) is 4.53. The highest BCUT2D eigenvalue weighted by molar-refractivity contribution is 9.10. The number of hydrogen-bond donors (Lipinski definition) is 1. The van der Waals surface area contributed by atoms with Gasteiger partial charge in [-0.3, -0.25) is 0 Å². The molecule has 0 fully saturated rings. The molecule has 2 nitrogen and oxygen atoms in total. The minimum absolute atomic E-state index is 0.151. The molecule has 1 N–H and O–H groups in total. The molecule has 1 aromatic rings. The zero-order chi connectivity index (χ0) is 12.3. The lowest BCUT2D eigenvalue weighted by Gasteiger charge is -2.27. The molecule has 0 saturated carbocycles. The van der Waals surface area contributed by atoms with E-state index in [1.807, 2.05) is 13.8 Å². The van der Waals surface area contributed by atoms with Crippen LogP contribution < -0.4 is 4.74 Å². The summed E-state index contributed by atoms with van der Waals surface area (Å²) in [7, 11) is 1.41. The van der Waals surface area contributed by atoms with E-state index in [4.69, 9.17) is 4.74 Å². The Balaban J connectivity index is 3.41. The van der Waals surface area contributed by atoms with E-state index in [9.17, 15) is 9.50 Å². The molecule has 0 atom stereocenters. The van der Waals surface area contributed by atoms with Crippen molar-refractivity contribution in [1.82, 2.24) is 0 Å². The SMILES string of the molecule is CCC(O)(CC)c1c(Br)ccc(OC)c1F. The Morgan fingerprint density at radius 1 is 1.38 bits per heavy atom. The third kappa shape index (κ3) is 2.23. The summed E-state index contributed by atoms with van der Waals surface area (Å²) in [5, 5.41) is 10.4. The first-order valence-corrected chi connectivity index (χ1v) is 6.04. The molecule has 0 saturated heterocycles. The van der Waals surface area contributed by atoms with Crippen molar-refractivity contribution in [2.45, 2.75) is 32.3 Å². The van der Waals surface area contributed by atoms with Gasteiger partial charge >= 0.3 is 0 Å². The number of benzene rings is 1. The van der Waals surface area contributed by atoms with Crippen molar-refractivity contribution < 1.29 is 14.2 Å². The lowest BCUT2D eigenvalue weighted by atomic mass is 9.88. The second-order valence-electron chi connectivity index (χ2n) is 3.68. The fourth-order valence-corrected chi connectivity index (χ4v) is 2.40. The predicted molar refractivity (Wildman–Crippen MR) is 65.1 cm³/mol. The molecule has 0 radical (unpaired) electrons. The topological polar surface area (TPSA) is 29.5 Å². The van der Waals surface area contributed by atoms with Crippen LogP contribution in [0.5, 0.6) is 5.75 Å². The number of aliphatic hydroxyl groups is 1. The normalized spacial score (nSPS) is 11.6. The molecule has 0 heterocycles. The number of ether oxygens (including phenoxy) is 1. The third-order valence-electron chi connectivity index (χ3n) is 2.91. The van der Waals surface area contributed by atoms with Crippen molar-refractivity contribution in [3.63, 3.8) is 0 Å². The van der Waals surface area contributed by atoms with Gasteiger partial charge in [0.25, 0.3) is 0 Å². The summed E-state index contributed by atoms with van der Waals surface area (Å²) in [5.74, 6) is -0.346. The van der Waals surface area contributed by atoms with Crippen molar-refractivity contribution in [3.05, 3.63) is 28.0 Å². The van der Waals surface area contributed by atoms with Crippen LogP contribution in [0.1, 0.15) is 32.3 Å². The highest BCUT2D eigenvalue weighted by Gasteiger charge is 2.32. The summed E-state index contributed by atoms with van der Waals surface area (Å²) in [6, 6.07) is 3.22. The lowest BCUT2D eigenvalue weighted by Crippen LogP contribution is -2.25. The van der Waals surface area contributed by atoms with E-state index in [0.29, 0.717) is 17.3 Å². The Hall–Kier alpha value is -0.610. The molecular weight excluding hydrogens is 275 g/mol. The summed E-state index contributed by atoms with van der Waals surface area (Å²) in [4.78, 5) is 0. The van der Waals surface area contributed by atoms with E-state index in [1.165, 1.54) is 13.2 Å². The van der Waals surface area contributed by atoms with Gasteiger partial charge in [0, 0.05) is 10.0 Å². The summed E-state index contributed by atoms with van der Waals surface area (Å²) in [5.41, 5.74) is -0.880. The van der Waals surface area contributed by atoms with Gasteiger partial charge in [-0.05, 0) is 25.0 Å². The molecule has 1 rings (SSSR count). The van der Waals surface area contributed by atoms with Gasteiger partial charge < -0.3 is 9.84 Å². The third-order valence-corrected chi connectivity index (χ3v) is 3.57. The Kier molecular flexibility index (Phi) is 4.33. The molecule has 16 heavy (non-hydrogen) atoms.